The monoisotopic (exact) mass is 322 g/mol. The molecule has 0 saturated heterocycles. The minimum atomic E-state index is 0.478. The summed E-state index contributed by atoms with van der Waals surface area (Å²) in [6.45, 7) is 2.07. The average molecular weight is 322 g/mol. The minimum Gasteiger partial charge on any atom is -0.365 e. The summed E-state index contributed by atoms with van der Waals surface area (Å²) in [6.07, 6.45) is 7.96. The summed E-state index contributed by atoms with van der Waals surface area (Å²) in [7, 11) is 0. The maximum Gasteiger partial charge on any atom is 0.231 e. The van der Waals surface area contributed by atoms with Crippen molar-refractivity contribution in [2.75, 3.05) is 10.6 Å². The summed E-state index contributed by atoms with van der Waals surface area (Å²) in [6, 6.07) is 8.60. The molecule has 6 nitrogen and oxygen atoms in total. The van der Waals surface area contributed by atoms with Crippen molar-refractivity contribution >= 4 is 28.6 Å². The van der Waals surface area contributed by atoms with Gasteiger partial charge in [0, 0.05) is 11.7 Å². The third-order valence-corrected chi connectivity index (χ3v) is 4.62. The molecule has 2 aromatic heterocycles. The molecule has 4 rings (SSSR count). The molecule has 1 aromatic carbocycles. The van der Waals surface area contributed by atoms with Crippen molar-refractivity contribution in [3.8, 4) is 0 Å². The van der Waals surface area contributed by atoms with Crippen LogP contribution in [0.3, 0.4) is 0 Å². The molecule has 24 heavy (non-hydrogen) atoms. The van der Waals surface area contributed by atoms with E-state index in [0.29, 0.717) is 17.6 Å². The first-order valence-corrected chi connectivity index (χ1v) is 8.60. The van der Waals surface area contributed by atoms with E-state index in [-0.39, 0.29) is 0 Å². The molecule has 1 fully saturated rings. The number of rotatable bonds is 4. The second kappa shape index (κ2) is 6.47. The summed E-state index contributed by atoms with van der Waals surface area (Å²) in [5, 5.41) is 6.90. The molecule has 0 spiro atoms. The lowest BCUT2D eigenvalue weighted by Crippen LogP contribution is -2.23. The normalized spacial score (nSPS) is 15.5. The van der Waals surface area contributed by atoms with Gasteiger partial charge in [0.15, 0.2) is 11.5 Å². The lowest BCUT2D eigenvalue weighted by Gasteiger charge is -2.23. The van der Waals surface area contributed by atoms with Crippen molar-refractivity contribution in [3.63, 3.8) is 0 Å². The van der Waals surface area contributed by atoms with Crippen molar-refractivity contribution in [2.45, 2.75) is 45.1 Å². The molecule has 1 aliphatic rings. The van der Waals surface area contributed by atoms with Crippen molar-refractivity contribution < 1.29 is 0 Å². The predicted molar refractivity (Wildman–Crippen MR) is 96.6 cm³/mol. The predicted octanol–water partition coefficient (Wildman–Crippen LogP) is 4.15. The molecule has 3 N–H and O–H groups in total. The molecular weight excluding hydrogens is 300 g/mol. The number of aryl methyl sites for hydroxylation is 1. The lowest BCUT2D eigenvalue weighted by atomic mass is 9.95. The fourth-order valence-corrected chi connectivity index (χ4v) is 3.27. The maximum absolute atomic E-state index is 4.70. The van der Waals surface area contributed by atoms with Gasteiger partial charge in [0.2, 0.25) is 5.95 Å². The number of aromatic amines is 1. The fraction of sp³-hybridized carbons (Fsp3) is 0.389. The molecule has 0 atom stereocenters. The SMILES string of the molecule is Cc1ccccc1Nc1nc(NC2CCCCC2)c2[nH]cnc2n1. The summed E-state index contributed by atoms with van der Waals surface area (Å²) >= 11 is 0. The first kappa shape index (κ1) is 14.9. The highest BCUT2D eigenvalue weighted by molar-refractivity contribution is 5.84. The van der Waals surface area contributed by atoms with E-state index in [1.165, 1.54) is 32.1 Å². The van der Waals surface area contributed by atoms with Gasteiger partial charge >= 0.3 is 0 Å². The molecular formula is C18H22N6. The van der Waals surface area contributed by atoms with Gasteiger partial charge in [0.05, 0.1) is 6.33 Å². The quantitative estimate of drug-likeness (QED) is 0.672. The Morgan fingerprint density at radius 2 is 1.92 bits per heavy atom. The first-order valence-electron chi connectivity index (χ1n) is 8.60. The molecule has 1 aliphatic carbocycles. The van der Waals surface area contributed by atoms with E-state index in [0.717, 1.165) is 22.6 Å². The van der Waals surface area contributed by atoms with Crippen molar-refractivity contribution in [1.82, 2.24) is 19.9 Å². The van der Waals surface area contributed by atoms with Crippen molar-refractivity contribution in [2.24, 2.45) is 0 Å². The molecule has 0 amide bonds. The van der Waals surface area contributed by atoms with Gasteiger partial charge in [-0.25, -0.2) is 4.98 Å². The van der Waals surface area contributed by atoms with Crippen LogP contribution in [0.5, 0.6) is 0 Å². The van der Waals surface area contributed by atoms with E-state index in [9.17, 15) is 0 Å². The van der Waals surface area contributed by atoms with Gasteiger partial charge in [-0.2, -0.15) is 9.97 Å². The van der Waals surface area contributed by atoms with Crippen LogP contribution in [0.2, 0.25) is 0 Å². The summed E-state index contributed by atoms with van der Waals surface area (Å²) in [4.78, 5) is 16.7. The topological polar surface area (TPSA) is 78.5 Å². The Bertz CT molecular complexity index is 834. The van der Waals surface area contributed by atoms with Crippen molar-refractivity contribution in [1.29, 1.82) is 0 Å². The van der Waals surface area contributed by atoms with Gasteiger partial charge in [0.1, 0.15) is 5.52 Å². The Morgan fingerprint density at radius 3 is 2.75 bits per heavy atom. The molecule has 0 aliphatic heterocycles. The van der Waals surface area contributed by atoms with Gasteiger partial charge < -0.3 is 15.6 Å². The molecule has 1 saturated carbocycles. The van der Waals surface area contributed by atoms with E-state index in [2.05, 4.69) is 38.6 Å². The molecule has 0 bridgehead atoms. The number of nitrogens with one attached hydrogen (secondary N) is 3. The average Bonchev–Trinajstić information content (AvgIpc) is 3.07. The van der Waals surface area contributed by atoms with E-state index >= 15 is 0 Å². The number of hydrogen-bond acceptors (Lipinski definition) is 5. The van der Waals surface area contributed by atoms with Crippen LogP contribution in [0.15, 0.2) is 30.6 Å². The molecule has 6 heteroatoms. The number of para-hydroxylation sites is 1. The number of imidazole rings is 1. The number of hydrogen-bond donors (Lipinski definition) is 3. The highest BCUT2D eigenvalue weighted by Gasteiger charge is 2.17. The fourth-order valence-electron chi connectivity index (χ4n) is 3.27. The van der Waals surface area contributed by atoms with Gasteiger partial charge in [-0.3, -0.25) is 0 Å². The zero-order valence-electron chi connectivity index (χ0n) is 13.8. The lowest BCUT2D eigenvalue weighted by molar-refractivity contribution is 0.462. The second-order valence-corrected chi connectivity index (χ2v) is 6.42. The van der Waals surface area contributed by atoms with Gasteiger partial charge in [-0.05, 0) is 31.4 Å². The maximum atomic E-state index is 4.70. The molecule has 0 radical (unpaired) electrons. The number of nitrogens with zero attached hydrogens (tertiary/aromatic N) is 3. The summed E-state index contributed by atoms with van der Waals surface area (Å²) in [5.74, 6) is 1.41. The number of benzene rings is 1. The Morgan fingerprint density at radius 1 is 1.08 bits per heavy atom. The number of anilines is 3. The zero-order valence-corrected chi connectivity index (χ0v) is 13.8. The van der Waals surface area contributed by atoms with Crippen LogP contribution in [0.4, 0.5) is 17.5 Å². The van der Waals surface area contributed by atoms with Crippen LogP contribution in [0.25, 0.3) is 11.2 Å². The van der Waals surface area contributed by atoms with Crippen LogP contribution in [0, 0.1) is 6.92 Å². The van der Waals surface area contributed by atoms with E-state index in [4.69, 9.17) is 4.98 Å². The highest BCUT2D eigenvalue weighted by atomic mass is 15.2. The molecule has 3 aromatic rings. The van der Waals surface area contributed by atoms with E-state index in [1.54, 1.807) is 6.33 Å². The Hall–Kier alpha value is -2.63. The van der Waals surface area contributed by atoms with Crippen LogP contribution < -0.4 is 10.6 Å². The highest BCUT2D eigenvalue weighted by Crippen LogP contribution is 2.26. The molecule has 0 unspecified atom stereocenters. The smallest absolute Gasteiger partial charge is 0.231 e. The summed E-state index contributed by atoms with van der Waals surface area (Å²) in [5.41, 5.74) is 3.72. The van der Waals surface area contributed by atoms with Crippen LogP contribution in [0.1, 0.15) is 37.7 Å². The van der Waals surface area contributed by atoms with Gasteiger partial charge in [0.25, 0.3) is 0 Å². The number of aromatic nitrogens is 4. The minimum absolute atomic E-state index is 0.478. The number of fused-ring (bicyclic) bond motifs is 1. The standard InChI is InChI=1S/C18H22N6/c1-12-7-5-6-10-14(12)22-18-23-16-15(19-11-20-16)17(24-18)21-13-8-3-2-4-9-13/h5-7,10-11,13H,2-4,8-9H2,1H3,(H3,19,20,21,22,23,24). The van der Waals surface area contributed by atoms with Crippen LogP contribution >= 0.6 is 0 Å². The van der Waals surface area contributed by atoms with E-state index < -0.39 is 0 Å². The molecule has 124 valence electrons. The van der Waals surface area contributed by atoms with Gasteiger partial charge in [-0.15, -0.1) is 0 Å². The van der Waals surface area contributed by atoms with Crippen molar-refractivity contribution in [3.05, 3.63) is 36.2 Å². The van der Waals surface area contributed by atoms with Gasteiger partial charge in [-0.1, -0.05) is 37.5 Å². The first-order chi connectivity index (χ1) is 11.8. The third kappa shape index (κ3) is 3.04. The molecule has 2 heterocycles. The Balaban J connectivity index is 1.65. The number of H-pyrrole nitrogens is 1. The third-order valence-electron chi connectivity index (χ3n) is 4.62. The summed E-state index contributed by atoms with van der Waals surface area (Å²) < 4.78 is 0. The second-order valence-electron chi connectivity index (χ2n) is 6.42. The van der Waals surface area contributed by atoms with Crippen LogP contribution in [-0.4, -0.2) is 26.0 Å². The zero-order chi connectivity index (χ0) is 16.4. The van der Waals surface area contributed by atoms with E-state index in [1.807, 2.05) is 18.2 Å². The van der Waals surface area contributed by atoms with Crippen LogP contribution in [-0.2, 0) is 0 Å². The largest absolute Gasteiger partial charge is 0.365 e. The Kier molecular flexibility index (Phi) is 4.02. The Labute approximate surface area is 141 Å².